The molecule has 92 valence electrons. The van der Waals surface area contributed by atoms with E-state index in [0.29, 0.717) is 5.82 Å². The number of H-pyrrole nitrogens is 1. The molecule has 0 amide bonds. The predicted octanol–water partition coefficient (Wildman–Crippen LogP) is 0.964. The van der Waals surface area contributed by atoms with Crippen molar-refractivity contribution in [3.63, 3.8) is 0 Å². The summed E-state index contributed by atoms with van der Waals surface area (Å²) < 4.78 is 5.27. The van der Waals surface area contributed by atoms with Crippen LogP contribution in [0, 0.1) is 6.92 Å². The van der Waals surface area contributed by atoms with E-state index in [2.05, 4.69) is 15.0 Å². The molecule has 0 aliphatic carbocycles. The van der Waals surface area contributed by atoms with E-state index in [9.17, 15) is 9.59 Å². The number of aromatic amines is 1. The molecule has 0 saturated carbocycles. The third-order valence-electron chi connectivity index (χ3n) is 2.02. The second-order valence-corrected chi connectivity index (χ2v) is 3.49. The van der Waals surface area contributed by atoms with Crippen LogP contribution < -0.4 is 10.3 Å². The summed E-state index contributed by atoms with van der Waals surface area (Å²) in [6, 6.07) is 2.47. The lowest BCUT2D eigenvalue weighted by Gasteiger charge is -2.04. The highest BCUT2D eigenvalue weighted by atomic mass is 16.5. The van der Waals surface area contributed by atoms with Crippen LogP contribution in [0.5, 0.6) is 11.6 Å². The Bertz CT molecular complexity index is 651. The smallest absolute Gasteiger partial charge is 0.337 e. The monoisotopic (exact) mass is 247 g/mol. The number of hydrogen-bond acceptors (Lipinski definition) is 5. The van der Waals surface area contributed by atoms with Gasteiger partial charge in [0.05, 0.1) is 17.8 Å². The third-order valence-corrected chi connectivity index (χ3v) is 2.02. The molecule has 2 heterocycles. The Hall–Kier alpha value is -2.70. The van der Waals surface area contributed by atoms with Crippen LogP contribution >= 0.6 is 0 Å². The van der Waals surface area contributed by atoms with Gasteiger partial charge in [-0.15, -0.1) is 0 Å². The summed E-state index contributed by atoms with van der Waals surface area (Å²) in [6.45, 7) is 1.61. The van der Waals surface area contributed by atoms with E-state index in [4.69, 9.17) is 9.84 Å². The maximum atomic E-state index is 11.2. The minimum absolute atomic E-state index is 0.00550. The number of carboxylic acids is 1. The van der Waals surface area contributed by atoms with Crippen LogP contribution in [-0.4, -0.2) is 26.0 Å². The summed E-state index contributed by atoms with van der Waals surface area (Å²) >= 11 is 0. The number of hydrogen-bond donors (Lipinski definition) is 2. The molecule has 0 atom stereocenters. The Morgan fingerprint density at radius 2 is 2.17 bits per heavy atom. The average molecular weight is 247 g/mol. The largest absolute Gasteiger partial charge is 0.478 e. The quantitative estimate of drug-likeness (QED) is 0.836. The van der Waals surface area contributed by atoms with E-state index >= 15 is 0 Å². The van der Waals surface area contributed by atoms with Gasteiger partial charge in [0.2, 0.25) is 5.88 Å². The zero-order chi connectivity index (χ0) is 13.1. The number of aryl methyl sites for hydroxylation is 1. The number of pyridine rings is 1. The van der Waals surface area contributed by atoms with Gasteiger partial charge in [0, 0.05) is 6.20 Å². The van der Waals surface area contributed by atoms with Crippen LogP contribution in [0.15, 0.2) is 29.3 Å². The lowest BCUT2D eigenvalue weighted by Crippen LogP contribution is -2.08. The molecular formula is C11H9N3O4. The highest BCUT2D eigenvalue weighted by Gasteiger charge is 2.07. The van der Waals surface area contributed by atoms with E-state index in [1.165, 1.54) is 24.5 Å². The lowest BCUT2D eigenvalue weighted by atomic mass is 10.3. The Morgan fingerprint density at radius 3 is 2.83 bits per heavy atom. The zero-order valence-electron chi connectivity index (χ0n) is 9.38. The maximum Gasteiger partial charge on any atom is 0.337 e. The molecular weight excluding hydrogens is 238 g/mol. The first-order chi connectivity index (χ1) is 8.54. The van der Waals surface area contributed by atoms with Crippen molar-refractivity contribution in [2.45, 2.75) is 6.92 Å². The van der Waals surface area contributed by atoms with Crippen molar-refractivity contribution in [3.05, 3.63) is 46.3 Å². The molecule has 0 saturated heterocycles. The summed E-state index contributed by atoms with van der Waals surface area (Å²) in [5.74, 6) is -0.421. The molecule has 0 aromatic carbocycles. The van der Waals surface area contributed by atoms with E-state index in [1.54, 1.807) is 6.92 Å². The highest BCUT2D eigenvalue weighted by Crippen LogP contribution is 2.18. The molecule has 2 N–H and O–H groups in total. The van der Waals surface area contributed by atoms with Gasteiger partial charge >= 0.3 is 5.97 Å². The van der Waals surface area contributed by atoms with Crippen LogP contribution in [0.4, 0.5) is 0 Å². The highest BCUT2D eigenvalue weighted by molar-refractivity contribution is 5.87. The molecule has 0 fully saturated rings. The van der Waals surface area contributed by atoms with Crippen molar-refractivity contribution < 1.29 is 14.6 Å². The zero-order valence-corrected chi connectivity index (χ0v) is 9.38. The van der Waals surface area contributed by atoms with Crippen LogP contribution in [0.25, 0.3) is 0 Å². The second kappa shape index (κ2) is 4.66. The first-order valence-corrected chi connectivity index (χ1v) is 4.99. The SMILES string of the molecule is Cc1nc(Oc2cncc(C(=O)O)c2)cc(=O)[nH]1. The topological polar surface area (TPSA) is 105 Å². The third kappa shape index (κ3) is 2.70. The number of aromatic carboxylic acids is 1. The molecule has 0 aliphatic heterocycles. The molecule has 18 heavy (non-hydrogen) atoms. The van der Waals surface area contributed by atoms with Crippen molar-refractivity contribution in [3.8, 4) is 11.6 Å². The van der Waals surface area contributed by atoms with Crippen molar-refractivity contribution in [1.29, 1.82) is 0 Å². The van der Waals surface area contributed by atoms with Gasteiger partial charge in [-0.3, -0.25) is 9.78 Å². The minimum Gasteiger partial charge on any atom is -0.478 e. The van der Waals surface area contributed by atoms with E-state index in [1.807, 2.05) is 0 Å². The number of ether oxygens (including phenoxy) is 1. The van der Waals surface area contributed by atoms with Crippen LogP contribution in [0.1, 0.15) is 16.2 Å². The fraction of sp³-hybridized carbons (Fsp3) is 0.0909. The molecule has 0 aliphatic rings. The first-order valence-electron chi connectivity index (χ1n) is 4.99. The van der Waals surface area contributed by atoms with Gasteiger partial charge in [0.15, 0.2) is 0 Å². The summed E-state index contributed by atoms with van der Waals surface area (Å²) in [5.41, 5.74) is -0.353. The molecule has 0 bridgehead atoms. The van der Waals surface area contributed by atoms with Gasteiger partial charge in [0.1, 0.15) is 11.6 Å². The normalized spacial score (nSPS) is 10.1. The Kier molecular flexibility index (Phi) is 3.05. The van der Waals surface area contributed by atoms with Gasteiger partial charge < -0.3 is 14.8 Å². The maximum absolute atomic E-state index is 11.2. The summed E-state index contributed by atoms with van der Waals surface area (Å²) in [5, 5.41) is 8.80. The van der Waals surface area contributed by atoms with Gasteiger partial charge in [-0.1, -0.05) is 0 Å². The Morgan fingerprint density at radius 1 is 1.39 bits per heavy atom. The Labute approximate surface area is 101 Å². The van der Waals surface area contributed by atoms with E-state index in [0.717, 1.165) is 0 Å². The molecule has 2 aromatic heterocycles. The number of rotatable bonds is 3. The number of carbonyl (C=O) groups is 1. The molecule has 0 unspecified atom stereocenters. The van der Waals surface area contributed by atoms with Gasteiger partial charge in [-0.2, -0.15) is 0 Å². The summed E-state index contributed by atoms with van der Waals surface area (Å²) in [7, 11) is 0. The molecule has 7 nitrogen and oxygen atoms in total. The summed E-state index contributed by atoms with van der Waals surface area (Å²) in [4.78, 5) is 32.1. The molecule has 7 heteroatoms. The van der Waals surface area contributed by atoms with Gasteiger partial charge in [-0.05, 0) is 13.0 Å². The molecule has 0 radical (unpaired) electrons. The molecule has 2 rings (SSSR count). The number of aromatic nitrogens is 3. The van der Waals surface area contributed by atoms with Crippen LogP contribution in [0.2, 0.25) is 0 Å². The number of nitrogens with zero attached hydrogens (tertiary/aromatic N) is 2. The van der Waals surface area contributed by atoms with Crippen molar-refractivity contribution in [2.24, 2.45) is 0 Å². The van der Waals surface area contributed by atoms with Crippen molar-refractivity contribution >= 4 is 5.97 Å². The molecule has 0 spiro atoms. The van der Waals surface area contributed by atoms with Gasteiger partial charge in [0.25, 0.3) is 5.56 Å². The van der Waals surface area contributed by atoms with Gasteiger partial charge in [-0.25, -0.2) is 9.78 Å². The van der Waals surface area contributed by atoms with E-state index in [-0.39, 0.29) is 22.8 Å². The van der Waals surface area contributed by atoms with Crippen molar-refractivity contribution in [2.75, 3.05) is 0 Å². The fourth-order valence-corrected chi connectivity index (χ4v) is 1.32. The lowest BCUT2D eigenvalue weighted by molar-refractivity contribution is 0.0696. The number of carboxylic acid groups (broad SMARTS) is 1. The van der Waals surface area contributed by atoms with Crippen molar-refractivity contribution in [1.82, 2.24) is 15.0 Å². The Balaban J connectivity index is 2.31. The minimum atomic E-state index is -1.11. The first kappa shape index (κ1) is 11.8. The predicted molar refractivity (Wildman–Crippen MR) is 60.9 cm³/mol. The standard InChI is InChI=1S/C11H9N3O4/c1-6-13-9(15)3-10(14-6)18-8-2-7(11(16)17)4-12-5-8/h2-5H,1H3,(H,16,17)(H,13,14,15). The summed E-state index contributed by atoms with van der Waals surface area (Å²) in [6.07, 6.45) is 2.54. The second-order valence-electron chi connectivity index (χ2n) is 3.49. The average Bonchev–Trinajstić information content (AvgIpc) is 2.27. The number of nitrogens with one attached hydrogen (secondary N) is 1. The van der Waals surface area contributed by atoms with Crippen LogP contribution in [0.3, 0.4) is 0 Å². The van der Waals surface area contributed by atoms with E-state index < -0.39 is 5.97 Å². The van der Waals surface area contributed by atoms with Crippen LogP contribution in [-0.2, 0) is 0 Å². The molecule has 2 aromatic rings. The fourth-order valence-electron chi connectivity index (χ4n) is 1.32.